The highest BCUT2D eigenvalue weighted by Gasteiger charge is 2.25. The van der Waals surface area contributed by atoms with Crippen molar-refractivity contribution < 1.29 is 14.8 Å². The van der Waals surface area contributed by atoms with Crippen molar-refractivity contribution in [3.8, 4) is 5.75 Å². The third kappa shape index (κ3) is 2.26. The number of allylic oxidation sites excluding steroid dienone is 1. The molecule has 112 valence electrons. The Morgan fingerprint density at radius 1 is 1.41 bits per heavy atom. The number of phenols is 1. The second-order valence-electron chi connectivity index (χ2n) is 5.13. The normalized spacial score (nSPS) is 15.9. The van der Waals surface area contributed by atoms with Crippen LogP contribution in [0.25, 0.3) is 6.08 Å². The number of benzene rings is 1. The number of nitro groups is 1. The smallest absolute Gasteiger partial charge is 0.310 e. The molecular weight excluding hydrogens is 286 g/mol. The number of aromatic nitrogens is 2. The summed E-state index contributed by atoms with van der Waals surface area (Å²) in [6.45, 7) is 0. The van der Waals surface area contributed by atoms with E-state index in [1.807, 2.05) is 0 Å². The molecule has 0 aliphatic heterocycles. The largest absolute Gasteiger partial charge is 0.502 e. The molecule has 0 spiro atoms. The van der Waals surface area contributed by atoms with Crippen molar-refractivity contribution in [1.82, 2.24) is 9.78 Å². The van der Waals surface area contributed by atoms with Gasteiger partial charge in [-0.1, -0.05) is 0 Å². The highest BCUT2D eigenvalue weighted by molar-refractivity contribution is 6.12. The quantitative estimate of drug-likeness (QED) is 0.521. The van der Waals surface area contributed by atoms with E-state index in [4.69, 9.17) is 0 Å². The number of carbonyl (C=O) groups is 1. The molecule has 0 radical (unpaired) electrons. The number of rotatable bonds is 2. The summed E-state index contributed by atoms with van der Waals surface area (Å²) in [5, 5.41) is 24.4. The molecule has 7 nitrogen and oxygen atoms in total. The lowest BCUT2D eigenvalue weighted by Crippen LogP contribution is -2.14. The van der Waals surface area contributed by atoms with E-state index in [1.54, 1.807) is 24.0 Å². The van der Waals surface area contributed by atoms with Crippen LogP contribution in [0.2, 0.25) is 0 Å². The maximum Gasteiger partial charge on any atom is 0.310 e. The van der Waals surface area contributed by atoms with Gasteiger partial charge in [-0.15, -0.1) is 0 Å². The highest BCUT2D eigenvalue weighted by atomic mass is 16.6. The topological polar surface area (TPSA) is 98.3 Å². The Morgan fingerprint density at radius 2 is 2.18 bits per heavy atom. The lowest BCUT2D eigenvalue weighted by Gasteiger charge is -2.14. The molecule has 1 N–H and O–H groups in total. The summed E-state index contributed by atoms with van der Waals surface area (Å²) >= 11 is 0. The molecule has 0 amide bonds. The molecule has 22 heavy (non-hydrogen) atoms. The van der Waals surface area contributed by atoms with Gasteiger partial charge in [0.1, 0.15) is 0 Å². The number of aryl methyl sites for hydroxylation is 1. The Hall–Kier alpha value is -2.96. The molecule has 2 aromatic rings. The summed E-state index contributed by atoms with van der Waals surface area (Å²) in [6.07, 6.45) is 4.49. The molecule has 0 saturated heterocycles. The molecule has 1 aliphatic carbocycles. The minimum atomic E-state index is -0.653. The molecular formula is C15H13N3O4. The van der Waals surface area contributed by atoms with Gasteiger partial charge in [0.25, 0.3) is 0 Å². The second kappa shape index (κ2) is 5.10. The fourth-order valence-corrected chi connectivity index (χ4v) is 2.61. The van der Waals surface area contributed by atoms with Gasteiger partial charge in [0.15, 0.2) is 11.5 Å². The first-order valence-electron chi connectivity index (χ1n) is 6.71. The SMILES string of the molecule is Cn1ncc2c1CC/C(=C\c1ccc([N+](=O)[O-])c(O)c1)C2=O. The van der Waals surface area contributed by atoms with E-state index in [1.165, 1.54) is 18.2 Å². The first-order chi connectivity index (χ1) is 10.5. The van der Waals surface area contributed by atoms with Crippen LogP contribution in [0.3, 0.4) is 0 Å². The number of nitrogens with zero attached hydrogens (tertiary/aromatic N) is 3. The number of hydrogen-bond donors (Lipinski definition) is 1. The molecule has 7 heteroatoms. The van der Waals surface area contributed by atoms with E-state index >= 15 is 0 Å². The number of ketones is 1. The van der Waals surface area contributed by atoms with Crippen molar-refractivity contribution in [3.05, 3.63) is 56.9 Å². The summed E-state index contributed by atoms with van der Waals surface area (Å²) < 4.78 is 1.70. The van der Waals surface area contributed by atoms with Crippen LogP contribution in [-0.2, 0) is 13.5 Å². The van der Waals surface area contributed by atoms with Crippen molar-refractivity contribution in [2.45, 2.75) is 12.8 Å². The summed E-state index contributed by atoms with van der Waals surface area (Å²) in [6, 6.07) is 4.03. The summed E-state index contributed by atoms with van der Waals surface area (Å²) in [4.78, 5) is 22.4. The minimum Gasteiger partial charge on any atom is -0.502 e. The van der Waals surface area contributed by atoms with Gasteiger partial charge in [-0.25, -0.2) is 0 Å². The van der Waals surface area contributed by atoms with E-state index in [0.29, 0.717) is 29.5 Å². The molecule has 0 unspecified atom stereocenters. The maximum absolute atomic E-state index is 12.4. The second-order valence-corrected chi connectivity index (χ2v) is 5.13. The number of hydrogen-bond acceptors (Lipinski definition) is 5. The Labute approximate surface area is 125 Å². The molecule has 1 heterocycles. The molecule has 1 aliphatic rings. The van der Waals surface area contributed by atoms with Gasteiger partial charge in [-0.3, -0.25) is 19.6 Å². The van der Waals surface area contributed by atoms with Crippen molar-refractivity contribution in [2.24, 2.45) is 7.05 Å². The zero-order valence-corrected chi connectivity index (χ0v) is 11.8. The summed E-state index contributed by atoms with van der Waals surface area (Å²) in [7, 11) is 1.80. The third-order valence-electron chi connectivity index (χ3n) is 3.77. The lowest BCUT2D eigenvalue weighted by molar-refractivity contribution is -0.385. The van der Waals surface area contributed by atoms with E-state index in [2.05, 4.69) is 5.10 Å². The molecule has 1 aromatic carbocycles. The average Bonchev–Trinajstić information content (AvgIpc) is 2.84. The zero-order valence-electron chi connectivity index (χ0n) is 11.8. The number of phenolic OH excluding ortho intramolecular Hbond substituents is 1. The van der Waals surface area contributed by atoms with Crippen LogP contribution in [0.5, 0.6) is 5.75 Å². The monoisotopic (exact) mass is 299 g/mol. The Morgan fingerprint density at radius 3 is 2.86 bits per heavy atom. The van der Waals surface area contributed by atoms with Crippen LogP contribution in [0.15, 0.2) is 30.0 Å². The zero-order chi connectivity index (χ0) is 15.9. The van der Waals surface area contributed by atoms with Crippen molar-refractivity contribution in [2.75, 3.05) is 0 Å². The molecule has 0 atom stereocenters. The number of Topliss-reactive ketones (excluding diaryl/α,β-unsaturated/α-hetero) is 1. The number of nitro benzene ring substituents is 1. The molecule has 0 bridgehead atoms. The van der Waals surface area contributed by atoms with Crippen LogP contribution < -0.4 is 0 Å². The lowest BCUT2D eigenvalue weighted by atomic mass is 9.90. The van der Waals surface area contributed by atoms with Crippen LogP contribution >= 0.6 is 0 Å². The maximum atomic E-state index is 12.4. The predicted octanol–water partition coefficient (Wildman–Crippen LogP) is 2.25. The molecule has 3 rings (SSSR count). The van der Waals surface area contributed by atoms with Gasteiger partial charge in [-0.05, 0) is 36.6 Å². The van der Waals surface area contributed by atoms with Gasteiger partial charge in [-0.2, -0.15) is 5.10 Å². The van der Waals surface area contributed by atoms with Crippen LogP contribution in [0.4, 0.5) is 5.69 Å². The predicted molar refractivity (Wildman–Crippen MR) is 78.6 cm³/mol. The Balaban J connectivity index is 1.95. The Kier molecular flexibility index (Phi) is 3.25. The van der Waals surface area contributed by atoms with Gasteiger partial charge < -0.3 is 5.11 Å². The fraction of sp³-hybridized carbons (Fsp3) is 0.200. The summed E-state index contributed by atoms with van der Waals surface area (Å²) in [5.74, 6) is -0.503. The van der Waals surface area contributed by atoms with Gasteiger partial charge in [0.05, 0.1) is 16.7 Å². The van der Waals surface area contributed by atoms with Crippen molar-refractivity contribution in [1.29, 1.82) is 0 Å². The standard InChI is InChI=1S/C15H13N3O4/c1-17-12-5-3-10(15(20)11(12)8-16-17)6-9-2-4-13(18(21)22)14(19)7-9/h2,4,6-8,19H,3,5H2,1H3/b10-6+. The number of carbonyl (C=O) groups excluding carboxylic acids is 1. The van der Waals surface area contributed by atoms with E-state index in [-0.39, 0.29) is 11.5 Å². The van der Waals surface area contributed by atoms with E-state index < -0.39 is 10.7 Å². The fourth-order valence-electron chi connectivity index (χ4n) is 2.61. The van der Waals surface area contributed by atoms with Gasteiger partial charge >= 0.3 is 5.69 Å². The number of fused-ring (bicyclic) bond motifs is 1. The van der Waals surface area contributed by atoms with Crippen molar-refractivity contribution in [3.63, 3.8) is 0 Å². The van der Waals surface area contributed by atoms with E-state index in [0.717, 1.165) is 5.69 Å². The highest BCUT2D eigenvalue weighted by Crippen LogP contribution is 2.30. The van der Waals surface area contributed by atoms with E-state index in [9.17, 15) is 20.0 Å². The Bertz CT molecular complexity index is 820. The van der Waals surface area contributed by atoms with Crippen LogP contribution in [0, 0.1) is 10.1 Å². The van der Waals surface area contributed by atoms with Crippen molar-refractivity contribution >= 4 is 17.5 Å². The minimum absolute atomic E-state index is 0.0906. The average molecular weight is 299 g/mol. The third-order valence-corrected chi connectivity index (χ3v) is 3.77. The van der Waals surface area contributed by atoms with Gasteiger partial charge in [0, 0.05) is 24.4 Å². The first-order valence-corrected chi connectivity index (χ1v) is 6.71. The molecule has 0 fully saturated rings. The van der Waals surface area contributed by atoms with Crippen LogP contribution in [0.1, 0.15) is 28.0 Å². The van der Waals surface area contributed by atoms with Crippen LogP contribution in [-0.4, -0.2) is 25.6 Å². The molecule has 1 aromatic heterocycles. The van der Waals surface area contributed by atoms with Gasteiger partial charge in [0.2, 0.25) is 0 Å². The summed E-state index contributed by atoms with van der Waals surface area (Å²) in [5.41, 5.74) is 2.30. The number of aromatic hydroxyl groups is 1. The first kappa shape index (κ1) is 14.0. The molecule has 0 saturated carbocycles.